The Hall–Kier alpha value is -0.610. The standard InChI is InChI=1S/C14H20BrFN2/c1-2-18-8-3-4-12(7-9-18)17-14-6-5-11(16)10-13(14)15/h5-6,10,12,17H,2-4,7-9H2,1H3. The van der Waals surface area contributed by atoms with Crippen molar-refractivity contribution in [3.05, 3.63) is 28.5 Å². The third kappa shape index (κ3) is 3.69. The molecule has 0 aromatic heterocycles. The van der Waals surface area contributed by atoms with E-state index in [-0.39, 0.29) is 5.82 Å². The quantitative estimate of drug-likeness (QED) is 0.911. The van der Waals surface area contributed by atoms with Crippen molar-refractivity contribution in [2.24, 2.45) is 0 Å². The van der Waals surface area contributed by atoms with Gasteiger partial charge in [-0.2, -0.15) is 0 Å². The van der Waals surface area contributed by atoms with Gasteiger partial charge in [0.2, 0.25) is 0 Å². The SMILES string of the molecule is CCN1CCCC(Nc2ccc(F)cc2Br)CC1. The Balaban J connectivity index is 1.96. The lowest BCUT2D eigenvalue weighted by atomic mass is 10.1. The van der Waals surface area contributed by atoms with E-state index in [1.165, 1.54) is 31.5 Å². The molecule has 0 saturated carbocycles. The Bertz CT molecular complexity index is 397. The monoisotopic (exact) mass is 314 g/mol. The van der Waals surface area contributed by atoms with E-state index in [0.717, 1.165) is 29.7 Å². The van der Waals surface area contributed by atoms with Gasteiger partial charge >= 0.3 is 0 Å². The van der Waals surface area contributed by atoms with Crippen molar-refractivity contribution in [2.45, 2.75) is 32.2 Å². The van der Waals surface area contributed by atoms with Crippen molar-refractivity contribution in [3.8, 4) is 0 Å². The van der Waals surface area contributed by atoms with E-state index in [1.807, 2.05) is 6.07 Å². The molecule has 1 aliphatic rings. The van der Waals surface area contributed by atoms with Crippen LogP contribution in [-0.4, -0.2) is 30.6 Å². The van der Waals surface area contributed by atoms with Crippen LogP contribution in [0.3, 0.4) is 0 Å². The molecule has 0 amide bonds. The summed E-state index contributed by atoms with van der Waals surface area (Å²) in [5.74, 6) is -0.203. The van der Waals surface area contributed by atoms with Crippen LogP contribution >= 0.6 is 15.9 Å². The minimum absolute atomic E-state index is 0.203. The molecule has 1 aliphatic heterocycles. The van der Waals surface area contributed by atoms with E-state index >= 15 is 0 Å². The molecule has 1 N–H and O–H groups in total. The van der Waals surface area contributed by atoms with Crippen molar-refractivity contribution in [1.29, 1.82) is 0 Å². The number of hydrogen-bond acceptors (Lipinski definition) is 2. The molecular weight excluding hydrogens is 295 g/mol. The number of rotatable bonds is 3. The van der Waals surface area contributed by atoms with Crippen molar-refractivity contribution in [2.75, 3.05) is 25.0 Å². The van der Waals surface area contributed by atoms with Crippen LogP contribution in [0.15, 0.2) is 22.7 Å². The summed E-state index contributed by atoms with van der Waals surface area (Å²) in [6.45, 7) is 5.68. The number of likely N-dealkylation sites (tertiary alicyclic amines) is 1. The van der Waals surface area contributed by atoms with E-state index in [9.17, 15) is 4.39 Å². The molecule has 1 unspecified atom stereocenters. The van der Waals surface area contributed by atoms with Gasteiger partial charge in [0.1, 0.15) is 5.82 Å². The van der Waals surface area contributed by atoms with Gasteiger partial charge in [-0.3, -0.25) is 0 Å². The summed E-state index contributed by atoms with van der Waals surface area (Å²) < 4.78 is 13.8. The maximum Gasteiger partial charge on any atom is 0.124 e. The van der Waals surface area contributed by atoms with Crippen molar-refractivity contribution in [1.82, 2.24) is 4.90 Å². The molecule has 0 aliphatic carbocycles. The molecule has 1 atom stereocenters. The molecule has 2 nitrogen and oxygen atoms in total. The molecule has 0 radical (unpaired) electrons. The number of benzene rings is 1. The fraction of sp³-hybridized carbons (Fsp3) is 0.571. The molecule has 2 rings (SSSR count). The Morgan fingerprint density at radius 2 is 2.22 bits per heavy atom. The maximum atomic E-state index is 13.0. The van der Waals surface area contributed by atoms with E-state index < -0.39 is 0 Å². The minimum Gasteiger partial charge on any atom is -0.381 e. The van der Waals surface area contributed by atoms with Gasteiger partial charge in [0.05, 0.1) is 0 Å². The molecule has 18 heavy (non-hydrogen) atoms. The summed E-state index contributed by atoms with van der Waals surface area (Å²) in [5, 5.41) is 3.52. The first-order valence-electron chi connectivity index (χ1n) is 6.63. The molecular formula is C14H20BrFN2. The summed E-state index contributed by atoms with van der Waals surface area (Å²) in [6.07, 6.45) is 3.56. The predicted octanol–water partition coefficient (Wildman–Crippen LogP) is 3.87. The summed E-state index contributed by atoms with van der Waals surface area (Å²) in [6, 6.07) is 5.31. The van der Waals surface area contributed by atoms with Crippen LogP contribution in [0, 0.1) is 5.82 Å². The third-order valence-electron chi connectivity index (χ3n) is 3.56. The van der Waals surface area contributed by atoms with Crippen LogP contribution in [0.4, 0.5) is 10.1 Å². The average Bonchev–Trinajstić information content (AvgIpc) is 2.58. The number of anilines is 1. The van der Waals surface area contributed by atoms with Crippen molar-refractivity contribution < 1.29 is 4.39 Å². The highest BCUT2D eigenvalue weighted by Gasteiger charge is 2.16. The molecule has 0 bridgehead atoms. The number of nitrogens with zero attached hydrogens (tertiary/aromatic N) is 1. The van der Waals surface area contributed by atoms with E-state index in [0.29, 0.717) is 6.04 Å². The predicted molar refractivity (Wildman–Crippen MR) is 77.5 cm³/mol. The van der Waals surface area contributed by atoms with Gasteiger partial charge in [0, 0.05) is 22.7 Å². The van der Waals surface area contributed by atoms with Crippen LogP contribution in [0.5, 0.6) is 0 Å². The normalized spacial score (nSPS) is 21.6. The minimum atomic E-state index is -0.203. The first kappa shape index (κ1) is 13.8. The lowest BCUT2D eigenvalue weighted by Gasteiger charge is -2.20. The van der Waals surface area contributed by atoms with Gasteiger partial charge < -0.3 is 10.2 Å². The Morgan fingerprint density at radius 1 is 1.39 bits per heavy atom. The van der Waals surface area contributed by atoms with Crippen LogP contribution < -0.4 is 5.32 Å². The first-order valence-corrected chi connectivity index (χ1v) is 7.42. The van der Waals surface area contributed by atoms with E-state index in [4.69, 9.17) is 0 Å². The smallest absolute Gasteiger partial charge is 0.124 e. The number of halogens is 2. The van der Waals surface area contributed by atoms with Gasteiger partial charge in [-0.1, -0.05) is 6.92 Å². The second kappa shape index (κ2) is 6.53. The van der Waals surface area contributed by atoms with Crippen LogP contribution in [-0.2, 0) is 0 Å². The van der Waals surface area contributed by atoms with E-state index in [1.54, 1.807) is 0 Å². The average molecular weight is 315 g/mol. The highest BCUT2D eigenvalue weighted by Crippen LogP contribution is 2.25. The molecule has 1 heterocycles. The Kier molecular flexibility index (Phi) is 5.01. The Morgan fingerprint density at radius 3 is 2.94 bits per heavy atom. The lowest BCUT2D eigenvalue weighted by molar-refractivity contribution is 0.300. The lowest BCUT2D eigenvalue weighted by Crippen LogP contribution is -2.26. The summed E-state index contributed by atoms with van der Waals surface area (Å²) in [7, 11) is 0. The van der Waals surface area contributed by atoms with Crippen LogP contribution in [0.25, 0.3) is 0 Å². The molecule has 4 heteroatoms. The second-order valence-corrected chi connectivity index (χ2v) is 5.68. The van der Waals surface area contributed by atoms with Gasteiger partial charge in [-0.25, -0.2) is 4.39 Å². The second-order valence-electron chi connectivity index (χ2n) is 4.83. The summed E-state index contributed by atoms with van der Waals surface area (Å²) in [4.78, 5) is 2.49. The molecule has 1 fully saturated rings. The van der Waals surface area contributed by atoms with Crippen LogP contribution in [0.1, 0.15) is 26.2 Å². The zero-order chi connectivity index (χ0) is 13.0. The summed E-state index contributed by atoms with van der Waals surface area (Å²) in [5.41, 5.74) is 0.992. The van der Waals surface area contributed by atoms with Crippen molar-refractivity contribution >= 4 is 21.6 Å². The van der Waals surface area contributed by atoms with Gasteiger partial charge in [-0.05, 0) is 66.5 Å². The highest BCUT2D eigenvalue weighted by molar-refractivity contribution is 9.10. The molecule has 1 saturated heterocycles. The first-order chi connectivity index (χ1) is 8.69. The number of hydrogen-bond donors (Lipinski definition) is 1. The van der Waals surface area contributed by atoms with E-state index in [2.05, 4.69) is 33.1 Å². The Labute approximate surface area is 117 Å². The third-order valence-corrected chi connectivity index (χ3v) is 4.21. The largest absolute Gasteiger partial charge is 0.381 e. The zero-order valence-corrected chi connectivity index (χ0v) is 12.3. The summed E-state index contributed by atoms with van der Waals surface area (Å²) >= 11 is 3.41. The van der Waals surface area contributed by atoms with Crippen LogP contribution in [0.2, 0.25) is 0 Å². The fourth-order valence-corrected chi connectivity index (χ4v) is 2.91. The fourth-order valence-electron chi connectivity index (χ4n) is 2.44. The maximum absolute atomic E-state index is 13.0. The highest BCUT2D eigenvalue weighted by atomic mass is 79.9. The topological polar surface area (TPSA) is 15.3 Å². The van der Waals surface area contributed by atoms with Crippen molar-refractivity contribution in [3.63, 3.8) is 0 Å². The molecule has 100 valence electrons. The molecule has 0 spiro atoms. The molecule has 1 aromatic rings. The van der Waals surface area contributed by atoms with Gasteiger partial charge in [0.15, 0.2) is 0 Å². The van der Waals surface area contributed by atoms with Gasteiger partial charge in [-0.15, -0.1) is 0 Å². The zero-order valence-electron chi connectivity index (χ0n) is 10.8. The number of nitrogens with one attached hydrogen (secondary N) is 1. The van der Waals surface area contributed by atoms with Gasteiger partial charge in [0.25, 0.3) is 0 Å². The molecule has 1 aromatic carbocycles.